The minimum atomic E-state index is -0.306. The van der Waals surface area contributed by atoms with Crippen LogP contribution in [0.2, 0.25) is 0 Å². The Labute approximate surface area is 150 Å². The number of ether oxygens (including phenoxy) is 1. The quantitative estimate of drug-likeness (QED) is 0.758. The zero-order valence-corrected chi connectivity index (χ0v) is 14.8. The van der Waals surface area contributed by atoms with Gasteiger partial charge in [-0.2, -0.15) is 0 Å². The van der Waals surface area contributed by atoms with Gasteiger partial charge in [0.15, 0.2) is 0 Å². The first-order chi connectivity index (χ1) is 12.3. The molecule has 4 heteroatoms. The van der Waals surface area contributed by atoms with Gasteiger partial charge < -0.3 is 4.74 Å². The van der Waals surface area contributed by atoms with Crippen molar-refractivity contribution in [3.8, 4) is 0 Å². The average Bonchev–Trinajstić information content (AvgIpc) is 2.65. The molecule has 2 aromatic rings. The molecule has 0 amide bonds. The predicted octanol–water partition coefficient (Wildman–Crippen LogP) is 3.11. The normalized spacial score (nSPS) is 17.2. The predicted molar refractivity (Wildman–Crippen MR) is 99.1 cm³/mol. The molecule has 3 rings (SSSR count). The molecule has 0 spiro atoms. The summed E-state index contributed by atoms with van der Waals surface area (Å²) in [5.41, 5.74) is 2.35. The highest BCUT2D eigenvalue weighted by atomic mass is 16.5. The summed E-state index contributed by atoms with van der Waals surface area (Å²) in [6.45, 7) is 6.88. The lowest BCUT2D eigenvalue weighted by molar-refractivity contribution is -0.150. The average molecular weight is 338 g/mol. The van der Waals surface area contributed by atoms with Gasteiger partial charge in [0.1, 0.15) is 6.04 Å². The molecule has 0 N–H and O–H groups in total. The van der Waals surface area contributed by atoms with E-state index in [0.29, 0.717) is 6.61 Å². The summed E-state index contributed by atoms with van der Waals surface area (Å²) in [7, 11) is 0. The Bertz CT molecular complexity index is 652. The highest BCUT2D eigenvalue weighted by molar-refractivity contribution is 5.77. The fourth-order valence-corrected chi connectivity index (χ4v) is 3.37. The van der Waals surface area contributed by atoms with Crippen LogP contribution in [0.25, 0.3) is 0 Å². The van der Waals surface area contributed by atoms with Crippen LogP contribution in [0.5, 0.6) is 0 Å². The fourth-order valence-electron chi connectivity index (χ4n) is 3.37. The van der Waals surface area contributed by atoms with Crippen molar-refractivity contribution in [3.63, 3.8) is 0 Å². The Balaban J connectivity index is 1.64. The third-order valence-corrected chi connectivity index (χ3v) is 4.65. The molecule has 2 aromatic carbocycles. The molecule has 1 heterocycles. The zero-order valence-electron chi connectivity index (χ0n) is 14.8. The lowest BCUT2D eigenvalue weighted by atomic mass is 10.0. The number of carbonyl (C=O) groups excluding carboxylic acids is 1. The lowest BCUT2D eigenvalue weighted by Gasteiger charge is -2.38. The minimum Gasteiger partial charge on any atom is -0.465 e. The van der Waals surface area contributed by atoms with Gasteiger partial charge in [0.25, 0.3) is 0 Å². The number of piperazine rings is 1. The highest BCUT2D eigenvalue weighted by Gasteiger charge is 2.31. The van der Waals surface area contributed by atoms with Gasteiger partial charge in [-0.15, -0.1) is 0 Å². The van der Waals surface area contributed by atoms with E-state index >= 15 is 0 Å². The molecule has 0 aliphatic carbocycles. The summed E-state index contributed by atoms with van der Waals surface area (Å²) < 4.78 is 5.34. The van der Waals surface area contributed by atoms with Gasteiger partial charge in [0.2, 0.25) is 0 Å². The van der Waals surface area contributed by atoms with Crippen molar-refractivity contribution in [1.29, 1.82) is 0 Å². The summed E-state index contributed by atoms with van der Waals surface area (Å²) in [6.07, 6.45) is 0. The molecule has 0 bridgehead atoms. The number of carbonyl (C=O) groups is 1. The van der Waals surface area contributed by atoms with E-state index in [-0.39, 0.29) is 12.0 Å². The molecule has 1 atom stereocenters. The van der Waals surface area contributed by atoms with Gasteiger partial charge >= 0.3 is 5.97 Å². The smallest absolute Gasteiger partial charge is 0.328 e. The second kappa shape index (κ2) is 8.79. The van der Waals surface area contributed by atoms with E-state index in [4.69, 9.17) is 4.74 Å². The molecule has 0 radical (unpaired) electrons. The fraction of sp³-hybridized carbons (Fsp3) is 0.381. The van der Waals surface area contributed by atoms with Crippen LogP contribution < -0.4 is 0 Å². The molecule has 4 nitrogen and oxygen atoms in total. The van der Waals surface area contributed by atoms with E-state index in [1.54, 1.807) is 0 Å². The van der Waals surface area contributed by atoms with E-state index in [1.807, 2.05) is 43.3 Å². The second-order valence-electron chi connectivity index (χ2n) is 6.36. The number of rotatable bonds is 6. The van der Waals surface area contributed by atoms with E-state index in [1.165, 1.54) is 5.56 Å². The van der Waals surface area contributed by atoms with Crippen molar-refractivity contribution < 1.29 is 9.53 Å². The van der Waals surface area contributed by atoms with Crippen molar-refractivity contribution in [3.05, 3.63) is 71.8 Å². The van der Waals surface area contributed by atoms with Crippen molar-refractivity contribution in [2.24, 2.45) is 0 Å². The Morgan fingerprint density at radius 3 is 2.16 bits per heavy atom. The first kappa shape index (κ1) is 17.6. The number of nitrogens with zero attached hydrogens (tertiary/aromatic N) is 2. The molecule has 1 aliphatic heterocycles. The van der Waals surface area contributed by atoms with Crippen LogP contribution in [-0.2, 0) is 16.1 Å². The topological polar surface area (TPSA) is 32.8 Å². The maximum absolute atomic E-state index is 12.5. The lowest BCUT2D eigenvalue weighted by Crippen LogP contribution is -2.49. The highest BCUT2D eigenvalue weighted by Crippen LogP contribution is 2.24. The SMILES string of the molecule is CCOC(=O)[C@@H](c1ccccc1)N1CCN(Cc2ccccc2)CC1. The zero-order chi connectivity index (χ0) is 17.5. The largest absolute Gasteiger partial charge is 0.465 e. The Kier molecular flexibility index (Phi) is 6.20. The minimum absolute atomic E-state index is 0.148. The van der Waals surface area contributed by atoms with E-state index in [9.17, 15) is 4.79 Å². The third kappa shape index (κ3) is 4.68. The second-order valence-corrected chi connectivity index (χ2v) is 6.36. The molecule has 1 aliphatic rings. The van der Waals surface area contributed by atoms with Crippen molar-refractivity contribution in [2.45, 2.75) is 19.5 Å². The number of hydrogen-bond donors (Lipinski definition) is 0. The van der Waals surface area contributed by atoms with E-state index in [0.717, 1.165) is 38.3 Å². The van der Waals surface area contributed by atoms with Crippen molar-refractivity contribution in [2.75, 3.05) is 32.8 Å². The summed E-state index contributed by atoms with van der Waals surface area (Å²) in [6, 6.07) is 20.2. The van der Waals surface area contributed by atoms with Crippen molar-refractivity contribution >= 4 is 5.97 Å². The van der Waals surface area contributed by atoms with Gasteiger partial charge in [-0.3, -0.25) is 9.80 Å². The molecule has 132 valence electrons. The standard InChI is InChI=1S/C21H26N2O2/c1-2-25-21(24)20(19-11-7-4-8-12-19)23-15-13-22(14-16-23)17-18-9-5-3-6-10-18/h3-12,20H,2,13-17H2,1H3/t20-/m1/s1. The number of hydrogen-bond acceptors (Lipinski definition) is 4. The summed E-state index contributed by atoms with van der Waals surface area (Å²) >= 11 is 0. The van der Waals surface area contributed by atoms with E-state index in [2.05, 4.69) is 34.1 Å². The van der Waals surface area contributed by atoms with Crippen LogP contribution in [0, 0.1) is 0 Å². The molecule has 1 fully saturated rings. The Morgan fingerprint density at radius 1 is 0.960 bits per heavy atom. The molecule has 25 heavy (non-hydrogen) atoms. The van der Waals surface area contributed by atoms with Crippen LogP contribution in [0.3, 0.4) is 0 Å². The van der Waals surface area contributed by atoms with Crippen LogP contribution in [0.15, 0.2) is 60.7 Å². The van der Waals surface area contributed by atoms with E-state index < -0.39 is 0 Å². The molecule has 0 aromatic heterocycles. The van der Waals surface area contributed by atoms with Crippen LogP contribution >= 0.6 is 0 Å². The Morgan fingerprint density at radius 2 is 1.56 bits per heavy atom. The van der Waals surface area contributed by atoms with Gasteiger partial charge in [-0.1, -0.05) is 60.7 Å². The van der Waals surface area contributed by atoms with Crippen LogP contribution in [0.1, 0.15) is 24.1 Å². The molecule has 0 saturated carbocycles. The maximum Gasteiger partial charge on any atom is 0.328 e. The monoisotopic (exact) mass is 338 g/mol. The number of benzene rings is 2. The van der Waals surface area contributed by atoms with Gasteiger partial charge in [0, 0.05) is 32.7 Å². The molecular formula is C21H26N2O2. The maximum atomic E-state index is 12.5. The summed E-state index contributed by atoms with van der Waals surface area (Å²) in [4.78, 5) is 17.2. The van der Waals surface area contributed by atoms with Crippen LogP contribution in [-0.4, -0.2) is 48.6 Å². The molecule has 1 saturated heterocycles. The van der Waals surface area contributed by atoms with Crippen molar-refractivity contribution in [1.82, 2.24) is 9.80 Å². The van der Waals surface area contributed by atoms with Gasteiger partial charge in [-0.05, 0) is 18.1 Å². The first-order valence-electron chi connectivity index (χ1n) is 9.00. The molecule has 0 unspecified atom stereocenters. The summed E-state index contributed by atoms with van der Waals surface area (Å²) in [5, 5.41) is 0. The molecular weight excluding hydrogens is 312 g/mol. The van der Waals surface area contributed by atoms with Crippen LogP contribution in [0.4, 0.5) is 0 Å². The van der Waals surface area contributed by atoms with Gasteiger partial charge in [0.05, 0.1) is 6.61 Å². The third-order valence-electron chi connectivity index (χ3n) is 4.65. The Hall–Kier alpha value is -2.17. The van der Waals surface area contributed by atoms with Gasteiger partial charge in [-0.25, -0.2) is 4.79 Å². The number of esters is 1. The summed E-state index contributed by atoms with van der Waals surface area (Å²) in [5.74, 6) is -0.148. The first-order valence-corrected chi connectivity index (χ1v) is 9.00.